The van der Waals surface area contributed by atoms with E-state index < -0.39 is 15.4 Å². The Morgan fingerprint density at radius 1 is 1.21 bits per heavy atom. The molecule has 0 bridgehead atoms. The summed E-state index contributed by atoms with van der Waals surface area (Å²) in [5.74, 6) is 0.775. The molecular weight excluding hydrogens is 388 g/mol. The number of aromatic nitrogens is 2. The van der Waals surface area contributed by atoms with Crippen molar-refractivity contribution in [2.75, 3.05) is 18.8 Å². The molecule has 1 aliphatic heterocycles. The minimum atomic E-state index is -3.53. The van der Waals surface area contributed by atoms with Crippen molar-refractivity contribution in [1.29, 1.82) is 0 Å². The number of hydroxylamine groups is 1. The molecule has 2 heterocycles. The summed E-state index contributed by atoms with van der Waals surface area (Å²) in [5.41, 5.74) is 4.42. The van der Waals surface area contributed by atoms with Crippen molar-refractivity contribution in [1.82, 2.24) is 20.3 Å². The Bertz CT molecular complexity index is 1100. The number of benzene rings is 2. The van der Waals surface area contributed by atoms with Crippen LogP contribution in [0.25, 0.3) is 11.0 Å². The Balaban J connectivity index is 1.55. The van der Waals surface area contributed by atoms with Crippen molar-refractivity contribution in [3.63, 3.8) is 0 Å². The Morgan fingerprint density at radius 3 is 2.66 bits per heavy atom. The van der Waals surface area contributed by atoms with E-state index in [-0.39, 0.29) is 10.6 Å². The van der Waals surface area contributed by atoms with Gasteiger partial charge in [0.05, 0.1) is 27.2 Å². The number of hydrogen-bond acceptors (Lipinski definition) is 6. The maximum atomic E-state index is 12.9. The number of nitrogens with one attached hydrogen (secondary N) is 2. The molecule has 29 heavy (non-hydrogen) atoms. The molecule has 8 heteroatoms. The number of sulfone groups is 1. The van der Waals surface area contributed by atoms with E-state index in [1.807, 2.05) is 43.3 Å². The van der Waals surface area contributed by atoms with Crippen molar-refractivity contribution < 1.29 is 13.6 Å². The van der Waals surface area contributed by atoms with Gasteiger partial charge >= 0.3 is 0 Å². The van der Waals surface area contributed by atoms with Crippen LogP contribution in [-0.2, 0) is 16.4 Å². The maximum Gasteiger partial charge on any atom is 0.180 e. The van der Waals surface area contributed by atoms with Crippen LogP contribution in [0.3, 0.4) is 0 Å². The fourth-order valence-corrected chi connectivity index (χ4v) is 5.80. The highest BCUT2D eigenvalue weighted by molar-refractivity contribution is 7.91. The number of piperidine rings is 1. The first kappa shape index (κ1) is 20.0. The Hall–Kier alpha value is -2.26. The number of nitrogens with zero attached hydrogens (tertiary/aromatic N) is 2. The summed E-state index contributed by atoms with van der Waals surface area (Å²) >= 11 is 0. The molecule has 0 radical (unpaired) electrons. The summed E-state index contributed by atoms with van der Waals surface area (Å²) in [4.78, 5) is 4.85. The molecule has 1 atom stereocenters. The highest BCUT2D eigenvalue weighted by Gasteiger charge is 2.37. The van der Waals surface area contributed by atoms with Gasteiger partial charge in [0.2, 0.25) is 0 Å². The zero-order valence-corrected chi connectivity index (χ0v) is 17.2. The Labute approximate surface area is 170 Å². The largest absolute Gasteiger partial charge is 0.324 e. The number of rotatable bonds is 6. The van der Waals surface area contributed by atoms with E-state index in [2.05, 4.69) is 20.3 Å². The van der Waals surface area contributed by atoms with E-state index in [1.54, 1.807) is 12.1 Å². The van der Waals surface area contributed by atoms with Crippen LogP contribution in [0.15, 0.2) is 53.4 Å². The second-order valence-electron chi connectivity index (χ2n) is 7.81. The van der Waals surface area contributed by atoms with E-state index in [0.717, 1.165) is 35.4 Å². The van der Waals surface area contributed by atoms with Gasteiger partial charge in [0.1, 0.15) is 5.82 Å². The van der Waals surface area contributed by atoms with Crippen molar-refractivity contribution in [3.8, 4) is 0 Å². The molecule has 7 nitrogen and oxygen atoms in total. The molecule has 2 aromatic carbocycles. The molecule has 1 aliphatic rings. The average molecular weight is 415 g/mol. The normalized spacial score (nSPS) is 20.2. The number of fused-ring (bicyclic) bond motifs is 1. The van der Waals surface area contributed by atoms with Gasteiger partial charge in [-0.15, -0.1) is 0 Å². The predicted molar refractivity (Wildman–Crippen MR) is 112 cm³/mol. The fourth-order valence-electron chi connectivity index (χ4n) is 4.05. The zero-order chi connectivity index (χ0) is 20.5. The first-order chi connectivity index (χ1) is 13.9. The van der Waals surface area contributed by atoms with Gasteiger partial charge in [0, 0.05) is 13.1 Å². The molecule has 0 amide bonds. The number of imidazole rings is 1. The van der Waals surface area contributed by atoms with Gasteiger partial charge in [-0.3, -0.25) is 0 Å². The molecule has 0 aliphatic carbocycles. The molecule has 0 saturated carbocycles. The summed E-state index contributed by atoms with van der Waals surface area (Å²) in [6, 6.07) is 15.0. The summed E-state index contributed by atoms with van der Waals surface area (Å²) in [5, 5.41) is 12.7. The third kappa shape index (κ3) is 4.06. The second-order valence-corrected chi connectivity index (χ2v) is 9.80. The van der Waals surface area contributed by atoms with E-state index >= 15 is 0 Å². The van der Waals surface area contributed by atoms with Crippen LogP contribution in [0.5, 0.6) is 0 Å². The molecule has 3 N–H and O–H groups in total. The lowest BCUT2D eigenvalue weighted by atomic mass is 9.93. The van der Waals surface area contributed by atoms with Crippen molar-refractivity contribution in [2.24, 2.45) is 0 Å². The number of aryl methyl sites for hydroxylation is 1. The quantitative estimate of drug-likeness (QED) is 0.536. The summed E-state index contributed by atoms with van der Waals surface area (Å²) in [7, 11) is -3.53. The minimum absolute atomic E-state index is 0.145. The molecule has 1 fully saturated rings. The van der Waals surface area contributed by atoms with Gasteiger partial charge < -0.3 is 15.1 Å². The smallest absolute Gasteiger partial charge is 0.180 e. The average Bonchev–Trinajstić information content (AvgIpc) is 3.04. The molecular formula is C21H26N4O3S. The molecule has 154 valence electrons. The van der Waals surface area contributed by atoms with E-state index in [9.17, 15) is 13.6 Å². The van der Waals surface area contributed by atoms with Crippen LogP contribution in [-0.4, -0.2) is 47.6 Å². The fraction of sp³-hybridized carbons (Fsp3) is 0.381. The standard InChI is InChI=1S/C21H26N4O3S/c1-16-23-19-5-2-3-6-20(19)25(16)13-17-7-9-18(10-8-17)29(27,28)15-21(24-26)11-4-12-22-14-21/h2-3,5-10,22,24,26H,4,11-15H2,1H3. The molecule has 1 unspecified atom stereocenters. The molecule has 3 aromatic rings. The van der Waals surface area contributed by atoms with E-state index in [0.29, 0.717) is 19.5 Å². The summed E-state index contributed by atoms with van der Waals surface area (Å²) in [6.07, 6.45) is 1.43. The van der Waals surface area contributed by atoms with Crippen LogP contribution >= 0.6 is 0 Å². The van der Waals surface area contributed by atoms with Crippen molar-refractivity contribution in [3.05, 3.63) is 59.9 Å². The van der Waals surface area contributed by atoms with Crippen LogP contribution in [0.2, 0.25) is 0 Å². The van der Waals surface area contributed by atoms with Crippen molar-refractivity contribution >= 4 is 20.9 Å². The van der Waals surface area contributed by atoms with Gasteiger partial charge in [-0.1, -0.05) is 24.3 Å². The van der Waals surface area contributed by atoms with Gasteiger partial charge in [-0.2, -0.15) is 5.48 Å². The van der Waals surface area contributed by atoms with E-state index in [4.69, 9.17) is 0 Å². The van der Waals surface area contributed by atoms with Crippen LogP contribution in [0.4, 0.5) is 0 Å². The predicted octanol–water partition coefficient (Wildman–Crippen LogP) is 2.27. The van der Waals surface area contributed by atoms with Gasteiger partial charge in [0.15, 0.2) is 9.84 Å². The Kier molecular flexibility index (Phi) is 5.44. The molecule has 0 spiro atoms. The summed E-state index contributed by atoms with van der Waals surface area (Å²) < 4.78 is 28.0. The minimum Gasteiger partial charge on any atom is -0.324 e. The molecule has 1 aromatic heterocycles. The van der Waals surface area contributed by atoms with Gasteiger partial charge in [0.25, 0.3) is 0 Å². The second kappa shape index (κ2) is 7.87. The lowest BCUT2D eigenvalue weighted by molar-refractivity contribution is 0.0576. The third-order valence-corrected chi connectivity index (χ3v) is 7.57. The maximum absolute atomic E-state index is 12.9. The van der Waals surface area contributed by atoms with Crippen LogP contribution < -0.4 is 10.8 Å². The number of hydrogen-bond donors (Lipinski definition) is 3. The Morgan fingerprint density at radius 2 is 1.97 bits per heavy atom. The van der Waals surface area contributed by atoms with Crippen LogP contribution in [0.1, 0.15) is 24.2 Å². The third-order valence-electron chi connectivity index (χ3n) is 5.64. The monoisotopic (exact) mass is 414 g/mol. The summed E-state index contributed by atoms with van der Waals surface area (Å²) in [6.45, 7) is 3.85. The zero-order valence-electron chi connectivity index (χ0n) is 16.4. The van der Waals surface area contributed by atoms with Crippen LogP contribution in [0, 0.1) is 6.92 Å². The lowest BCUT2D eigenvalue weighted by Gasteiger charge is -2.35. The highest BCUT2D eigenvalue weighted by atomic mass is 32.2. The molecule has 1 saturated heterocycles. The van der Waals surface area contributed by atoms with Gasteiger partial charge in [-0.05, 0) is 56.1 Å². The van der Waals surface area contributed by atoms with Crippen molar-refractivity contribution in [2.45, 2.75) is 36.7 Å². The first-order valence-corrected chi connectivity index (χ1v) is 11.4. The first-order valence-electron chi connectivity index (χ1n) is 9.78. The number of para-hydroxylation sites is 2. The van der Waals surface area contributed by atoms with Gasteiger partial charge in [-0.25, -0.2) is 13.4 Å². The SMILES string of the molecule is Cc1nc2ccccc2n1Cc1ccc(S(=O)(=O)CC2(NO)CCCNC2)cc1. The van der Waals surface area contributed by atoms with E-state index in [1.165, 1.54) is 0 Å². The molecule has 4 rings (SSSR count). The highest BCUT2D eigenvalue weighted by Crippen LogP contribution is 2.23. The lowest BCUT2D eigenvalue weighted by Crippen LogP contribution is -2.58. The topological polar surface area (TPSA) is 96.2 Å².